The second kappa shape index (κ2) is 7.57. The van der Waals surface area contributed by atoms with Gasteiger partial charge in [-0.2, -0.15) is 0 Å². The zero-order valence-corrected chi connectivity index (χ0v) is 12.7. The zero-order chi connectivity index (χ0) is 15.1. The van der Waals surface area contributed by atoms with Gasteiger partial charge in [-0.05, 0) is 18.6 Å². The summed E-state index contributed by atoms with van der Waals surface area (Å²) in [5.41, 5.74) is 1.71. The van der Waals surface area contributed by atoms with Gasteiger partial charge in [0.1, 0.15) is 5.82 Å². The van der Waals surface area contributed by atoms with Crippen molar-refractivity contribution in [1.82, 2.24) is 19.9 Å². The molecule has 112 valence electrons. The summed E-state index contributed by atoms with van der Waals surface area (Å²) in [4.78, 5) is 20.7. The highest BCUT2D eigenvalue weighted by Gasteiger charge is 2.13. The molecule has 0 aliphatic carbocycles. The van der Waals surface area contributed by atoms with Gasteiger partial charge < -0.3 is 5.32 Å². The molecule has 2 aromatic heterocycles. The monoisotopic (exact) mass is 286 g/mol. The maximum atomic E-state index is 12.0. The number of hydrogen-bond acceptors (Lipinski definition) is 3. The number of aryl methyl sites for hydroxylation is 1. The number of unbranched alkanes of at least 4 members (excludes halogenated alkanes) is 3. The van der Waals surface area contributed by atoms with E-state index in [9.17, 15) is 4.79 Å². The zero-order valence-electron chi connectivity index (χ0n) is 12.7. The van der Waals surface area contributed by atoms with Gasteiger partial charge in [0.15, 0.2) is 0 Å². The molecule has 5 heteroatoms. The number of carbonyl (C=O) groups excluding carboxylic acids is 1. The number of amides is 1. The van der Waals surface area contributed by atoms with E-state index in [0.717, 1.165) is 29.9 Å². The molecule has 0 aliphatic heterocycles. The van der Waals surface area contributed by atoms with Crippen LogP contribution < -0.4 is 5.32 Å². The summed E-state index contributed by atoms with van der Waals surface area (Å²) >= 11 is 0. The minimum atomic E-state index is -0.150. The van der Waals surface area contributed by atoms with Crippen LogP contribution in [-0.2, 0) is 6.42 Å². The molecule has 0 spiro atoms. The molecule has 0 saturated heterocycles. The maximum Gasteiger partial charge on any atom is 0.326 e. The van der Waals surface area contributed by atoms with E-state index >= 15 is 0 Å². The first-order chi connectivity index (χ1) is 10.3. The van der Waals surface area contributed by atoms with Gasteiger partial charge in [0, 0.05) is 37.6 Å². The molecule has 1 amide bonds. The second-order valence-electron chi connectivity index (χ2n) is 5.02. The van der Waals surface area contributed by atoms with Crippen LogP contribution in [0.4, 0.5) is 4.79 Å². The number of imidazole rings is 1. The molecule has 0 bridgehead atoms. The topological polar surface area (TPSA) is 59.8 Å². The molecule has 1 N–H and O–H groups in total. The summed E-state index contributed by atoms with van der Waals surface area (Å²) in [7, 11) is 1.63. The number of nitrogens with zero attached hydrogens (tertiary/aromatic N) is 3. The molecule has 21 heavy (non-hydrogen) atoms. The predicted octanol–water partition coefficient (Wildman–Crippen LogP) is 3.26. The Bertz CT molecular complexity index is 577. The third kappa shape index (κ3) is 3.90. The van der Waals surface area contributed by atoms with Gasteiger partial charge in [-0.1, -0.05) is 26.2 Å². The standard InChI is InChI=1S/C16H22N4O/c1-3-4-5-6-9-15-19-14(12-20(15)16(21)17-2)13-8-7-10-18-11-13/h7-8,10-12H,3-6,9H2,1-2H3,(H,17,21). The third-order valence-corrected chi connectivity index (χ3v) is 3.42. The predicted molar refractivity (Wildman–Crippen MR) is 83.2 cm³/mol. The molecule has 2 heterocycles. The molecular formula is C16H22N4O. The number of hydrogen-bond donors (Lipinski definition) is 1. The van der Waals surface area contributed by atoms with E-state index in [1.807, 2.05) is 12.1 Å². The van der Waals surface area contributed by atoms with Gasteiger partial charge >= 0.3 is 6.03 Å². The molecule has 0 aromatic carbocycles. The van der Waals surface area contributed by atoms with Crippen molar-refractivity contribution in [3.63, 3.8) is 0 Å². The average molecular weight is 286 g/mol. The van der Waals surface area contributed by atoms with Gasteiger partial charge in [0.2, 0.25) is 0 Å². The molecule has 0 aliphatic rings. The molecule has 0 saturated carbocycles. The van der Waals surface area contributed by atoms with Gasteiger partial charge in [-0.25, -0.2) is 9.78 Å². The Kier molecular flexibility index (Phi) is 5.49. The summed E-state index contributed by atoms with van der Waals surface area (Å²) in [5.74, 6) is 0.810. The van der Waals surface area contributed by atoms with E-state index in [0.29, 0.717) is 0 Å². The van der Waals surface area contributed by atoms with Crippen LogP contribution in [0.5, 0.6) is 0 Å². The Hall–Kier alpha value is -2.17. The molecule has 0 fully saturated rings. The van der Waals surface area contributed by atoms with Crippen molar-refractivity contribution in [1.29, 1.82) is 0 Å². The highest BCUT2D eigenvalue weighted by molar-refractivity contribution is 5.78. The first-order valence-electron chi connectivity index (χ1n) is 7.47. The summed E-state index contributed by atoms with van der Waals surface area (Å²) in [6.07, 6.45) is 10.7. The summed E-state index contributed by atoms with van der Waals surface area (Å²) < 4.78 is 1.61. The van der Waals surface area contributed by atoms with E-state index in [1.54, 1.807) is 30.2 Å². The molecule has 0 unspecified atom stereocenters. The van der Waals surface area contributed by atoms with Crippen LogP contribution in [0.25, 0.3) is 11.3 Å². The number of rotatable bonds is 6. The Balaban J connectivity index is 2.21. The van der Waals surface area contributed by atoms with E-state index in [1.165, 1.54) is 19.3 Å². The fraction of sp³-hybridized carbons (Fsp3) is 0.438. The van der Waals surface area contributed by atoms with Crippen LogP contribution in [0, 0.1) is 0 Å². The lowest BCUT2D eigenvalue weighted by molar-refractivity contribution is 0.243. The van der Waals surface area contributed by atoms with Crippen molar-refractivity contribution in [2.24, 2.45) is 0 Å². The molecule has 0 atom stereocenters. The highest BCUT2D eigenvalue weighted by atomic mass is 16.2. The van der Waals surface area contributed by atoms with Crippen molar-refractivity contribution in [2.75, 3.05) is 7.05 Å². The highest BCUT2D eigenvalue weighted by Crippen LogP contribution is 2.18. The first-order valence-corrected chi connectivity index (χ1v) is 7.47. The first kappa shape index (κ1) is 15.2. The van der Waals surface area contributed by atoms with Crippen molar-refractivity contribution >= 4 is 6.03 Å². The van der Waals surface area contributed by atoms with Crippen molar-refractivity contribution < 1.29 is 4.79 Å². The molecule has 0 radical (unpaired) electrons. The number of carbonyl (C=O) groups is 1. The van der Waals surface area contributed by atoms with Crippen molar-refractivity contribution in [3.05, 3.63) is 36.5 Å². The quantitative estimate of drug-likeness (QED) is 0.829. The largest absolute Gasteiger partial charge is 0.340 e. The molecule has 2 rings (SSSR count). The fourth-order valence-electron chi connectivity index (χ4n) is 2.25. The smallest absolute Gasteiger partial charge is 0.326 e. The lowest BCUT2D eigenvalue weighted by Gasteiger charge is -2.04. The van der Waals surface area contributed by atoms with Crippen LogP contribution in [-0.4, -0.2) is 27.6 Å². The number of pyridine rings is 1. The van der Waals surface area contributed by atoms with E-state index in [4.69, 9.17) is 0 Å². The van der Waals surface area contributed by atoms with Gasteiger partial charge in [0.25, 0.3) is 0 Å². The minimum Gasteiger partial charge on any atom is -0.340 e. The van der Waals surface area contributed by atoms with Crippen LogP contribution in [0.1, 0.15) is 38.4 Å². The van der Waals surface area contributed by atoms with Gasteiger partial charge in [-0.3, -0.25) is 9.55 Å². The number of aromatic nitrogens is 3. The minimum absolute atomic E-state index is 0.150. The summed E-state index contributed by atoms with van der Waals surface area (Å²) in [6, 6.07) is 3.67. The second-order valence-corrected chi connectivity index (χ2v) is 5.02. The van der Waals surface area contributed by atoms with E-state index in [-0.39, 0.29) is 6.03 Å². The lowest BCUT2D eigenvalue weighted by atomic mass is 10.1. The Morgan fingerprint density at radius 3 is 2.86 bits per heavy atom. The maximum absolute atomic E-state index is 12.0. The van der Waals surface area contributed by atoms with Gasteiger partial charge in [-0.15, -0.1) is 0 Å². The molecule has 5 nitrogen and oxygen atoms in total. The fourth-order valence-corrected chi connectivity index (χ4v) is 2.25. The average Bonchev–Trinajstić information content (AvgIpc) is 2.96. The normalized spacial score (nSPS) is 10.6. The lowest BCUT2D eigenvalue weighted by Crippen LogP contribution is -2.25. The Labute approximate surface area is 125 Å². The number of nitrogens with one attached hydrogen (secondary N) is 1. The van der Waals surface area contributed by atoms with Gasteiger partial charge in [0.05, 0.1) is 5.69 Å². The van der Waals surface area contributed by atoms with Crippen LogP contribution in [0.3, 0.4) is 0 Å². The van der Waals surface area contributed by atoms with Crippen LogP contribution >= 0.6 is 0 Å². The van der Waals surface area contributed by atoms with Crippen molar-refractivity contribution in [3.8, 4) is 11.3 Å². The van der Waals surface area contributed by atoms with Crippen LogP contribution in [0.2, 0.25) is 0 Å². The van der Waals surface area contributed by atoms with Crippen molar-refractivity contribution in [2.45, 2.75) is 39.0 Å². The third-order valence-electron chi connectivity index (χ3n) is 3.42. The Morgan fingerprint density at radius 1 is 1.33 bits per heavy atom. The van der Waals surface area contributed by atoms with E-state index < -0.39 is 0 Å². The van der Waals surface area contributed by atoms with Crippen LogP contribution in [0.15, 0.2) is 30.7 Å². The SMILES string of the molecule is CCCCCCc1nc(-c2cccnc2)cn1C(=O)NC. The summed E-state index contributed by atoms with van der Waals surface area (Å²) in [5, 5.41) is 2.66. The molecule has 2 aromatic rings. The molecular weight excluding hydrogens is 264 g/mol. The Morgan fingerprint density at radius 2 is 2.19 bits per heavy atom. The van der Waals surface area contributed by atoms with E-state index in [2.05, 4.69) is 22.2 Å². The summed E-state index contributed by atoms with van der Waals surface area (Å²) in [6.45, 7) is 2.19.